The number of aryl methyl sites for hydroxylation is 1. The lowest BCUT2D eigenvalue weighted by Crippen LogP contribution is -2.19. The Bertz CT molecular complexity index is 3510. The van der Waals surface area contributed by atoms with E-state index in [1.807, 2.05) is 23.6 Å². The van der Waals surface area contributed by atoms with E-state index in [1.165, 1.54) is 36.4 Å². The molecular formula is C53H59F4N5O14. The lowest BCUT2D eigenvalue weighted by atomic mass is 10.1. The van der Waals surface area contributed by atoms with E-state index in [9.17, 15) is 57.2 Å². The predicted octanol–water partition coefficient (Wildman–Crippen LogP) is 6.77. The highest BCUT2D eigenvalue weighted by molar-refractivity contribution is 5.93. The van der Waals surface area contributed by atoms with Gasteiger partial charge in [-0.25, -0.2) is 17.6 Å². The maximum atomic E-state index is 14.2. The highest BCUT2D eigenvalue weighted by Crippen LogP contribution is 2.36. The van der Waals surface area contributed by atoms with Gasteiger partial charge < -0.3 is 74.2 Å². The van der Waals surface area contributed by atoms with Gasteiger partial charge in [0.1, 0.15) is 0 Å². The number of aliphatic hydroxyl groups is 2. The first-order valence-corrected chi connectivity index (χ1v) is 23.3. The van der Waals surface area contributed by atoms with Gasteiger partial charge in [0, 0.05) is 89.7 Å². The van der Waals surface area contributed by atoms with Crippen LogP contribution in [0.5, 0.6) is 23.0 Å². The third-order valence-electron chi connectivity index (χ3n) is 13.0. The Morgan fingerprint density at radius 1 is 0.474 bits per heavy atom. The molecule has 0 amide bonds. The van der Waals surface area contributed by atoms with Gasteiger partial charge in [-0.3, -0.25) is 19.2 Å². The van der Waals surface area contributed by atoms with Gasteiger partial charge in [0.05, 0.1) is 61.0 Å². The number of carboxylic acids is 4. The molecule has 0 saturated carbocycles. The van der Waals surface area contributed by atoms with Crippen molar-refractivity contribution in [3.8, 4) is 23.0 Å². The molecule has 0 fully saturated rings. The molecule has 0 aliphatic carbocycles. The highest BCUT2D eigenvalue weighted by Gasteiger charge is 2.24. The van der Waals surface area contributed by atoms with Crippen molar-refractivity contribution in [2.24, 2.45) is 7.05 Å². The molecule has 8 aromatic rings. The zero-order valence-corrected chi connectivity index (χ0v) is 42.5. The fourth-order valence-corrected chi connectivity index (χ4v) is 9.23. The highest BCUT2D eigenvalue weighted by atomic mass is 19.1. The van der Waals surface area contributed by atoms with E-state index >= 15 is 0 Å². The van der Waals surface area contributed by atoms with E-state index in [1.54, 1.807) is 54.5 Å². The van der Waals surface area contributed by atoms with Crippen molar-refractivity contribution < 1.29 is 87.8 Å². The number of nitrogens with zero attached hydrogens (tertiary/aromatic N) is 5. The zero-order valence-electron chi connectivity index (χ0n) is 42.5. The summed E-state index contributed by atoms with van der Waals surface area (Å²) in [5, 5.41) is 92.9. The Morgan fingerprint density at radius 3 is 1.21 bits per heavy atom. The number of aromatic hydroxyl groups is 4. The van der Waals surface area contributed by atoms with E-state index < -0.39 is 70.1 Å². The number of carbonyl (C=O) groups is 4. The fourth-order valence-electron chi connectivity index (χ4n) is 9.23. The second-order valence-electron chi connectivity index (χ2n) is 18.0. The Morgan fingerprint density at radius 2 is 0.816 bits per heavy atom. The number of benzene rings is 4. The zero-order chi connectivity index (χ0) is 56.8. The monoisotopic (exact) mass is 1070 g/mol. The fraction of sp³-hybridized carbons (Fsp3) is 0.321. The van der Waals surface area contributed by atoms with Crippen LogP contribution in [0.15, 0.2) is 48.5 Å². The predicted molar refractivity (Wildman–Crippen MR) is 272 cm³/mol. The number of hydrogen-bond acceptors (Lipinski definition) is 11. The molecule has 76 heavy (non-hydrogen) atoms. The first kappa shape index (κ1) is 58.6. The second kappa shape index (κ2) is 24.4. The van der Waals surface area contributed by atoms with Gasteiger partial charge in [0.15, 0.2) is 46.3 Å². The molecule has 4 aromatic heterocycles. The maximum Gasteiger partial charge on any atom is 0.307 e. The van der Waals surface area contributed by atoms with Gasteiger partial charge in [0.25, 0.3) is 0 Å². The molecule has 0 saturated heterocycles. The molecule has 19 nitrogen and oxygen atoms in total. The smallest absolute Gasteiger partial charge is 0.307 e. The average molecular weight is 1070 g/mol. The molecule has 4 aromatic carbocycles. The maximum absolute atomic E-state index is 14.2. The molecule has 23 heteroatoms. The summed E-state index contributed by atoms with van der Waals surface area (Å²) in [6.07, 6.45) is -0.959. The minimum Gasteiger partial charge on any atom is -0.505 e. The van der Waals surface area contributed by atoms with Crippen LogP contribution in [0.3, 0.4) is 0 Å². The van der Waals surface area contributed by atoms with E-state index in [0.717, 1.165) is 24.0 Å². The SMILES string of the molecule is Cc1c(CC(=O)O)c2c(F)c(O)ccc2n1CCN(C)C.Cc1c(CC(=O)O)c2c(F)c(O)ccc2n1CCO.Cc1c(CC(=O)O)c2cc(O)c(F)cc2n1C.Cc1c(CC(=O)O)c2cc(O)c(F)cc2n1CCO. The van der Waals surface area contributed by atoms with Crippen molar-refractivity contribution in [1.29, 1.82) is 0 Å². The third kappa shape index (κ3) is 12.4. The van der Waals surface area contributed by atoms with Gasteiger partial charge in [-0.1, -0.05) is 0 Å². The number of aromatic nitrogens is 4. The topological polar surface area (TPSA) is 294 Å². The van der Waals surface area contributed by atoms with Crippen LogP contribution >= 0.6 is 0 Å². The van der Waals surface area contributed by atoms with Crippen LogP contribution in [0.2, 0.25) is 0 Å². The van der Waals surface area contributed by atoms with E-state index in [2.05, 4.69) is 0 Å². The molecule has 0 spiro atoms. The molecule has 10 N–H and O–H groups in total. The van der Waals surface area contributed by atoms with Crippen molar-refractivity contribution in [3.63, 3.8) is 0 Å². The van der Waals surface area contributed by atoms with Gasteiger partial charge >= 0.3 is 23.9 Å². The quantitative estimate of drug-likeness (QED) is 0.0474. The van der Waals surface area contributed by atoms with Crippen molar-refractivity contribution in [3.05, 3.63) is 117 Å². The molecule has 0 unspecified atom stereocenters. The lowest BCUT2D eigenvalue weighted by molar-refractivity contribution is -0.137. The number of phenols is 4. The molecule has 0 aliphatic rings. The summed E-state index contributed by atoms with van der Waals surface area (Å²) in [6, 6.07) is 10.5. The van der Waals surface area contributed by atoms with E-state index in [0.29, 0.717) is 73.0 Å². The largest absolute Gasteiger partial charge is 0.505 e. The van der Waals surface area contributed by atoms with Crippen LogP contribution in [-0.4, -0.2) is 132 Å². The molecule has 4 heterocycles. The molecule has 0 bridgehead atoms. The van der Waals surface area contributed by atoms with Crippen molar-refractivity contribution >= 4 is 67.5 Å². The number of carboxylic acid groups (broad SMARTS) is 4. The lowest BCUT2D eigenvalue weighted by Gasteiger charge is -2.13. The minimum absolute atomic E-state index is 0.105. The number of aliphatic hydroxyl groups excluding tert-OH is 2. The van der Waals surface area contributed by atoms with Gasteiger partial charge in [0.2, 0.25) is 0 Å². The molecule has 408 valence electrons. The van der Waals surface area contributed by atoms with Gasteiger partial charge in [-0.15, -0.1) is 0 Å². The second-order valence-corrected chi connectivity index (χ2v) is 18.0. The van der Waals surface area contributed by atoms with Crippen molar-refractivity contribution in [1.82, 2.24) is 23.2 Å². The van der Waals surface area contributed by atoms with Crippen LogP contribution in [0.25, 0.3) is 43.6 Å². The molecular weight excluding hydrogens is 1010 g/mol. The third-order valence-corrected chi connectivity index (χ3v) is 13.0. The standard InChI is InChI=1S/C15H19FN2O3.2C13H14FNO4.C12H12FNO3/c1-9-10(8-13(20)21)14-11(4-5-12(19)15(14)16)18(9)7-6-17(2)3;1-7-8(5-13(18)19)9-4-12(17)10(14)6-11(9)15(7)2-3-16;1-7-8(6-11(18)19)12-9(15(7)4-5-16)2-3-10(17)13(12)14;1-6-7(4-12(16)17)8-3-11(15)9(13)5-10(8)14(6)2/h4-5,19H,6-8H2,1-3H3,(H,20,21);4,6,16-17H,2-3,5H2,1H3,(H,18,19);2-3,16-17H,4-6H2,1H3,(H,18,19);3,5,15H,4H2,1-2H3,(H,16,17). The van der Waals surface area contributed by atoms with Crippen LogP contribution in [0, 0.1) is 51.0 Å². The first-order chi connectivity index (χ1) is 35.7. The van der Waals surface area contributed by atoms with E-state index in [4.69, 9.17) is 30.6 Å². The summed E-state index contributed by atoms with van der Waals surface area (Å²) in [5.74, 6) is -9.06. The van der Waals surface area contributed by atoms with Crippen LogP contribution in [0.4, 0.5) is 17.6 Å². The number of hydrogen-bond donors (Lipinski definition) is 10. The molecule has 0 aliphatic heterocycles. The summed E-state index contributed by atoms with van der Waals surface area (Å²) in [7, 11) is 5.61. The number of rotatable bonds is 15. The normalized spacial score (nSPS) is 11.2. The summed E-state index contributed by atoms with van der Waals surface area (Å²) >= 11 is 0. The number of likely N-dealkylation sites (N-methyl/N-ethyl adjacent to an activating group) is 1. The summed E-state index contributed by atoms with van der Waals surface area (Å²) in [5.41, 5.74) is 6.70. The average Bonchev–Trinajstić information content (AvgIpc) is 3.93. The molecule has 0 radical (unpaired) electrons. The van der Waals surface area contributed by atoms with Gasteiger partial charge in [-0.2, -0.15) is 0 Å². The van der Waals surface area contributed by atoms with Crippen LogP contribution in [0.1, 0.15) is 45.0 Å². The Labute approximate surface area is 431 Å². The molecule has 0 atom stereocenters. The van der Waals surface area contributed by atoms with Crippen molar-refractivity contribution in [2.75, 3.05) is 33.9 Å². The number of phenolic OH excluding ortho intramolecular Hbond substituents is 4. The van der Waals surface area contributed by atoms with Crippen molar-refractivity contribution in [2.45, 2.75) is 73.0 Å². The summed E-state index contributed by atoms with van der Waals surface area (Å²) < 4.78 is 61.9. The summed E-state index contributed by atoms with van der Waals surface area (Å²) in [4.78, 5) is 45.6. The van der Waals surface area contributed by atoms with Crippen LogP contribution in [-0.2, 0) is 71.5 Å². The Hall–Kier alpha value is -8.28. The number of halogens is 4. The number of aliphatic carboxylic acids is 4. The minimum atomic E-state index is -1.08. The molecule has 8 rings (SSSR count). The Kier molecular flexibility index (Phi) is 18.8. The number of fused-ring (bicyclic) bond motifs is 4. The van der Waals surface area contributed by atoms with Gasteiger partial charge in [-0.05, 0) is 100 Å². The Balaban J connectivity index is 0.000000188. The van der Waals surface area contributed by atoms with Crippen LogP contribution < -0.4 is 0 Å². The summed E-state index contributed by atoms with van der Waals surface area (Å²) in [6.45, 7) is 8.52. The first-order valence-electron chi connectivity index (χ1n) is 23.3. The van der Waals surface area contributed by atoms with E-state index in [-0.39, 0.29) is 62.8 Å².